The van der Waals surface area contributed by atoms with E-state index in [4.69, 9.17) is 0 Å². The first-order valence-electron chi connectivity index (χ1n) is 7.80. The molecule has 0 spiro atoms. The number of hydrogen-bond donors (Lipinski definition) is 2. The van der Waals surface area contributed by atoms with Crippen LogP contribution in [0.4, 0.5) is 0 Å². The standard InChI is InChI=1S/C18H22N2O3S/c1-14(2)12-20-24(22,23)17-10-6-9-16(11-17)18(21)19-13-15-7-4-3-5-8-15/h3-11,14,20H,12-13H2,1-2H3,(H,19,21). The van der Waals surface area contributed by atoms with Gasteiger partial charge in [-0.15, -0.1) is 0 Å². The molecule has 0 fully saturated rings. The van der Waals surface area contributed by atoms with Gasteiger partial charge >= 0.3 is 0 Å². The Morgan fingerprint density at radius 3 is 2.42 bits per heavy atom. The summed E-state index contributed by atoms with van der Waals surface area (Å²) in [4.78, 5) is 12.3. The lowest BCUT2D eigenvalue weighted by atomic mass is 10.2. The molecule has 0 aliphatic rings. The van der Waals surface area contributed by atoms with E-state index in [0.29, 0.717) is 18.7 Å². The van der Waals surface area contributed by atoms with Crippen molar-refractivity contribution in [1.29, 1.82) is 0 Å². The van der Waals surface area contributed by atoms with Gasteiger partial charge in [-0.05, 0) is 29.7 Å². The first-order chi connectivity index (χ1) is 11.4. The van der Waals surface area contributed by atoms with Gasteiger partial charge in [0.2, 0.25) is 10.0 Å². The summed E-state index contributed by atoms with van der Waals surface area (Å²) in [5.74, 6) is -0.100. The Balaban J connectivity index is 2.07. The van der Waals surface area contributed by atoms with Gasteiger partial charge in [-0.2, -0.15) is 0 Å². The molecule has 0 aliphatic heterocycles. The maximum atomic E-state index is 12.2. The Kier molecular flexibility index (Phi) is 6.11. The van der Waals surface area contributed by atoms with Crippen LogP contribution in [0.5, 0.6) is 0 Å². The molecule has 0 saturated heterocycles. The lowest BCUT2D eigenvalue weighted by Gasteiger charge is -2.10. The van der Waals surface area contributed by atoms with Gasteiger partial charge in [-0.3, -0.25) is 4.79 Å². The predicted octanol–water partition coefficient (Wildman–Crippen LogP) is 2.55. The van der Waals surface area contributed by atoms with E-state index in [1.807, 2.05) is 44.2 Å². The molecule has 2 rings (SSSR count). The minimum Gasteiger partial charge on any atom is -0.348 e. The highest BCUT2D eigenvalue weighted by molar-refractivity contribution is 7.89. The smallest absolute Gasteiger partial charge is 0.251 e. The monoisotopic (exact) mass is 346 g/mol. The summed E-state index contributed by atoms with van der Waals surface area (Å²) in [6.45, 7) is 4.60. The lowest BCUT2D eigenvalue weighted by Crippen LogP contribution is -2.28. The third-order valence-electron chi connectivity index (χ3n) is 3.38. The second-order valence-electron chi connectivity index (χ2n) is 5.94. The van der Waals surface area contributed by atoms with Gasteiger partial charge < -0.3 is 5.32 Å². The average molecular weight is 346 g/mol. The van der Waals surface area contributed by atoms with Crippen LogP contribution in [0.15, 0.2) is 59.5 Å². The quantitative estimate of drug-likeness (QED) is 0.809. The zero-order valence-corrected chi connectivity index (χ0v) is 14.6. The Morgan fingerprint density at radius 1 is 1.04 bits per heavy atom. The van der Waals surface area contributed by atoms with E-state index in [1.165, 1.54) is 12.1 Å². The first kappa shape index (κ1) is 18.2. The van der Waals surface area contributed by atoms with Gasteiger partial charge in [0.05, 0.1) is 4.90 Å². The molecule has 0 unspecified atom stereocenters. The highest BCUT2D eigenvalue weighted by Gasteiger charge is 2.16. The van der Waals surface area contributed by atoms with Crippen LogP contribution in [-0.4, -0.2) is 20.9 Å². The molecule has 6 heteroatoms. The van der Waals surface area contributed by atoms with Gasteiger partial charge in [0.15, 0.2) is 0 Å². The van der Waals surface area contributed by atoms with E-state index in [9.17, 15) is 13.2 Å². The molecule has 128 valence electrons. The molecule has 0 bridgehead atoms. The lowest BCUT2D eigenvalue weighted by molar-refractivity contribution is 0.0950. The van der Waals surface area contributed by atoms with E-state index >= 15 is 0 Å². The third kappa shape index (κ3) is 5.18. The molecule has 0 aliphatic carbocycles. The molecule has 0 saturated carbocycles. The van der Waals surface area contributed by atoms with Crippen LogP contribution < -0.4 is 10.0 Å². The topological polar surface area (TPSA) is 75.3 Å². The van der Waals surface area contributed by atoms with Gasteiger partial charge in [0.25, 0.3) is 5.91 Å². The fourth-order valence-corrected chi connectivity index (χ4v) is 3.30. The van der Waals surface area contributed by atoms with Crippen LogP contribution in [0.2, 0.25) is 0 Å². The molecule has 0 atom stereocenters. The van der Waals surface area contributed by atoms with Crippen molar-refractivity contribution in [2.24, 2.45) is 5.92 Å². The van der Waals surface area contributed by atoms with Crippen LogP contribution >= 0.6 is 0 Å². The van der Waals surface area contributed by atoms with Crippen molar-refractivity contribution in [2.75, 3.05) is 6.54 Å². The number of sulfonamides is 1. The molecule has 24 heavy (non-hydrogen) atoms. The van der Waals surface area contributed by atoms with Gasteiger partial charge in [0.1, 0.15) is 0 Å². The minimum absolute atomic E-state index is 0.0931. The SMILES string of the molecule is CC(C)CNS(=O)(=O)c1cccc(C(=O)NCc2ccccc2)c1. The molecular formula is C18H22N2O3S. The average Bonchev–Trinajstić information content (AvgIpc) is 2.59. The number of hydrogen-bond acceptors (Lipinski definition) is 3. The normalized spacial score (nSPS) is 11.5. The van der Waals surface area contributed by atoms with Crippen molar-refractivity contribution in [3.63, 3.8) is 0 Å². The van der Waals surface area contributed by atoms with Crippen LogP contribution in [-0.2, 0) is 16.6 Å². The van der Waals surface area contributed by atoms with E-state index in [2.05, 4.69) is 10.0 Å². The molecule has 0 heterocycles. The van der Waals surface area contributed by atoms with Crippen LogP contribution in [0.3, 0.4) is 0 Å². The van der Waals surface area contributed by atoms with Crippen LogP contribution in [0, 0.1) is 5.92 Å². The summed E-state index contributed by atoms with van der Waals surface area (Å²) in [5.41, 5.74) is 1.30. The van der Waals surface area contributed by atoms with Crippen molar-refractivity contribution in [3.05, 3.63) is 65.7 Å². The number of amides is 1. The summed E-state index contributed by atoms with van der Waals surface area (Å²) in [6, 6.07) is 15.6. The Labute approximate surface area is 143 Å². The summed E-state index contributed by atoms with van der Waals surface area (Å²) in [5, 5.41) is 2.79. The summed E-state index contributed by atoms with van der Waals surface area (Å²) in [7, 11) is -3.61. The van der Waals surface area contributed by atoms with Crippen molar-refractivity contribution in [1.82, 2.24) is 10.0 Å². The zero-order chi connectivity index (χ0) is 17.6. The fraction of sp³-hybridized carbons (Fsp3) is 0.278. The highest BCUT2D eigenvalue weighted by atomic mass is 32.2. The second-order valence-corrected chi connectivity index (χ2v) is 7.71. The molecule has 0 radical (unpaired) electrons. The maximum Gasteiger partial charge on any atom is 0.251 e. The molecule has 2 N–H and O–H groups in total. The second kappa shape index (κ2) is 8.08. The third-order valence-corrected chi connectivity index (χ3v) is 4.81. The molecular weight excluding hydrogens is 324 g/mol. The fourth-order valence-electron chi connectivity index (χ4n) is 2.04. The highest BCUT2D eigenvalue weighted by Crippen LogP contribution is 2.12. The Hall–Kier alpha value is -2.18. The molecule has 0 aromatic heterocycles. The van der Waals surface area contributed by atoms with E-state index < -0.39 is 10.0 Å². The molecule has 2 aromatic carbocycles. The number of carbonyl (C=O) groups is 1. The molecule has 1 amide bonds. The maximum absolute atomic E-state index is 12.2. The number of carbonyl (C=O) groups excluding carboxylic acids is 1. The van der Waals surface area contributed by atoms with Crippen molar-refractivity contribution in [3.8, 4) is 0 Å². The van der Waals surface area contributed by atoms with Crippen molar-refractivity contribution < 1.29 is 13.2 Å². The van der Waals surface area contributed by atoms with E-state index in [-0.39, 0.29) is 16.7 Å². The molecule has 2 aromatic rings. The summed E-state index contributed by atoms with van der Waals surface area (Å²) >= 11 is 0. The zero-order valence-electron chi connectivity index (χ0n) is 13.8. The van der Waals surface area contributed by atoms with Crippen molar-refractivity contribution in [2.45, 2.75) is 25.3 Å². The number of rotatable bonds is 7. The molecule has 5 nitrogen and oxygen atoms in total. The van der Waals surface area contributed by atoms with Crippen LogP contribution in [0.1, 0.15) is 29.8 Å². The van der Waals surface area contributed by atoms with Gasteiger partial charge in [0, 0.05) is 18.7 Å². The summed E-state index contributed by atoms with van der Waals surface area (Å²) in [6.07, 6.45) is 0. The van der Waals surface area contributed by atoms with Crippen molar-refractivity contribution >= 4 is 15.9 Å². The summed E-state index contributed by atoms with van der Waals surface area (Å²) < 4.78 is 27.0. The number of nitrogens with one attached hydrogen (secondary N) is 2. The van der Waals surface area contributed by atoms with E-state index in [0.717, 1.165) is 5.56 Å². The first-order valence-corrected chi connectivity index (χ1v) is 9.28. The number of benzene rings is 2. The predicted molar refractivity (Wildman–Crippen MR) is 94.1 cm³/mol. The Morgan fingerprint density at radius 2 is 1.75 bits per heavy atom. The largest absolute Gasteiger partial charge is 0.348 e. The van der Waals surface area contributed by atoms with Gasteiger partial charge in [-0.1, -0.05) is 50.2 Å². The van der Waals surface area contributed by atoms with Crippen LogP contribution in [0.25, 0.3) is 0 Å². The Bertz CT molecular complexity index is 787. The minimum atomic E-state index is -3.61. The van der Waals surface area contributed by atoms with E-state index in [1.54, 1.807) is 12.1 Å². The van der Waals surface area contributed by atoms with Gasteiger partial charge in [-0.25, -0.2) is 13.1 Å².